The van der Waals surface area contributed by atoms with Gasteiger partial charge in [0.1, 0.15) is 0 Å². The molecule has 2 nitrogen and oxygen atoms in total. The zero-order chi connectivity index (χ0) is 22.6. The third-order valence-electron chi connectivity index (χ3n) is 7.33. The summed E-state index contributed by atoms with van der Waals surface area (Å²) in [6.45, 7) is 3.19. The first-order chi connectivity index (χ1) is 16.8. The predicted molar refractivity (Wildman–Crippen MR) is 144 cm³/mol. The molecule has 0 amide bonds. The van der Waals surface area contributed by atoms with E-state index in [-0.39, 0.29) is 31.1 Å². The molecule has 0 aliphatic heterocycles. The molecule has 2 heterocycles. The van der Waals surface area contributed by atoms with Gasteiger partial charge in [-0.1, -0.05) is 72.3 Å². The molecule has 0 atom stereocenters. The second-order valence-corrected chi connectivity index (χ2v) is 9.22. The summed E-state index contributed by atoms with van der Waals surface area (Å²) in [5.74, 6) is 0. The minimum absolute atomic E-state index is 0. The van der Waals surface area contributed by atoms with E-state index >= 15 is 0 Å². The summed E-state index contributed by atoms with van der Waals surface area (Å²) in [7, 11) is 0. The number of aromatic nitrogens is 2. The molecule has 168 valence electrons. The third-order valence-corrected chi connectivity index (χ3v) is 7.33. The van der Waals surface area contributed by atoms with Crippen LogP contribution in [-0.4, -0.2) is 4.57 Å². The van der Waals surface area contributed by atoms with Crippen LogP contribution in [0.2, 0.25) is 0 Å². The van der Waals surface area contributed by atoms with Crippen LogP contribution in [0.5, 0.6) is 0 Å². The van der Waals surface area contributed by atoms with Gasteiger partial charge in [-0.15, -0.1) is 11.2 Å². The van der Waals surface area contributed by atoms with Crippen molar-refractivity contribution in [2.24, 2.45) is 0 Å². The van der Waals surface area contributed by atoms with Crippen molar-refractivity contribution in [2.75, 3.05) is 0 Å². The molecule has 0 radical (unpaired) electrons. The van der Waals surface area contributed by atoms with Crippen molar-refractivity contribution >= 4 is 38.8 Å². The number of allylic oxidation sites excluding steroid dienone is 1. The fourth-order valence-electron chi connectivity index (χ4n) is 5.67. The Hall–Kier alpha value is -2.99. The number of benzene rings is 4. The molecule has 7 rings (SSSR count). The summed E-state index contributed by atoms with van der Waals surface area (Å²) in [4.78, 5) is 4.83. The van der Waals surface area contributed by atoms with Gasteiger partial charge in [0.2, 0.25) is 0 Å². The van der Waals surface area contributed by atoms with E-state index in [4.69, 9.17) is 4.98 Å². The first-order valence-corrected chi connectivity index (χ1v) is 12.2. The Morgan fingerprint density at radius 2 is 1.43 bits per heavy atom. The Bertz CT molecular complexity index is 1750. The molecule has 2 aromatic heterocycles. The molecule has 0 bridgehead atoms. The van der Waals surface area contributed by atoms with E-state index in [1.54, 1.807) is 0 Å². The van der Waals surface area contributed by atoms with Crippen molar-refractivity contribution in [2.45, 2.75) is 26.3 Å². The standard InChI is InChI=1S/C32H25N2.U/c1-2-34-31-13-6-4-11-26(31)28-20-24(15-17-32(28)34)22-9-7-8-21(18-22)23-14-16-30-27(19-23)25-10-3-5-12-29(25)33-30;/h4-9,11-20H,2-3,10H2,1H3;/q-1;. The Morgan fingerprint density at radius 3 is 2.26 bits per heavy atom. The second-order valence-electron chi connectivity index (χ2n) is 9.22. The number of hydrogen-bond donors (Lipinski definition) is 0. The zero-order valence-electron chi connectivity index (χ0n) is 19.8. The Kier molecular flexibility index (Phi) is 5.72. The summed E-state index contributed by atoms with van der Waals surface area (Å²) in [5, 5.41) is 3.95. The molecule has 0 unspecified atom stereocenters. The van der Waals surface area contributed by atoms with Gasteiger partial charge in [-0.2, -0.15) is 0 Å². The van der Waals surface area contributed by atoms with Gasteiger partial charge in [0.15, 0.2) is 0 Å². The maximum Gasteiger partial charge on any atom is 0.0491 e. The number of hydrogen-bond acceptors (Lipinski definition) is 0. The molecule has 1 aliphatic rings. The predicted octanol–water partition coefficient (Wildman–Crippen LogP) is 8.22. The topological polar surface area (TPSA) is 19.0 Å². The minimum atomic E-state index is 0. The summed E-state index contributed by atoms with van der Waals surface area (Å²) < 4.78 is 2.41. The van der Waals surface area contributed by atoms with Crippen molar-refractivity contribution in [1.29, 1.82) is 0 Å². The van der Waals surface area contributed by atoms with Crippen LogP contribution >= 0.6 is 0 Å². The molecule has 0 spiro atoms. The molecule has 6 aromatic rings. The maximum absolute atomic E-state index is 4.83. The Morgan fingerprint density at radius 1 is 0.714 bits per heavy atom. The van der Waals surface area contributed by atoms with E-state index in [1.807, 2.05) is 0 Å². The Balaban J connectivity index is 0.00000229. The van der Waals surface area contributed by atoms with Crippen LogP contribution in [0.1, 0.15) is 24.6 Å². The molecular weight excluding hydrogens is 650 g/mol. The summed E-state index contributed by atoms with van der Waals surface area (Å²) >= 11 is 0. The molecule has 3 heteroatoms. The quantitative estimate of drug-likeness (QED) is 0.185. The molecule has 35 heavy (non-hydrogen) atoms. The average Bonchev–Trinajstić information content (AvgIpc) is 3.43. The maximum atomic E-state index is 4.83. The van der Waals surface area contributed by atoms with E-state index in [0.717, 1.165) is 30.6 Å². The van der Waals surface area contributed by atoms with Crippen LogP contribution < -0.4 is 4.98 Å². The third kappa shape index (κ3) is 3.61. The van der Waals surface area contributed by atoms with Crippen molar-refractivity contribution in [3.63, 3.8) is 0 Å². The SMILES string of the molecule is CCn1c2ccccc2c2cc(-c3cccc(-c4ccc5[n-]c6c(c5c4)CCC=C6)c3)ccc21.[U]. The van der Waals surface area contributed by atoms with Gasteiger partial charge in [-0.3, -0.25) is 0 Å². The van der Waals surface area contributed by atoms with E-state index in [0.29, 0.717) is 0 Å². The van der Waals surface area contributed by atoms with E-state index < -0.39 is 0 Å². The van der Waals surface area contributed by atoms with Crippen LogP contribution in [0.25, 0.3) is 61.0 Å². The molecule has 0 saturated carbocycles. The molecule has 0 saturated heterocycles. The summed E-state index contributed by atoms with van der Waals surface area (Å²) in [5.41, 5.74) is 11.3. The van der Waals surface area contributed by atoms with Gasteiger partial charge in [0, 0.05) is 59.5 Å². The van der Waals surface area contributed by atoms with Crippen LogP contribution in [-0.2, 0) is 13.0 Å². The second kappa shape index (κ2) is 8.90. The van der Waals surface area contributed by atoms with Crippen LogP contribution in [0.3, 0.4) is 0 Å². The fourth-order valence-corrected chi connectivity index (χ4v) is 5.67. The van der Waals surface area contributed by atoms with Gasteiger partial charge < -0.3 is 9.55 Å². The van der Waals surface area contributed by atoms with Crippen molar-refractivity contribution in [3.8, 4) is 22.3 Å². The number of nitrogens with zero attached hydrogens (tertiary/aromatic N) is 2. The van der Waals surface area contributed by atoms with Crippen molar-refractivity contribution in [3.05, 3.63) is 102 Å². The van der Waals surface area contributed by atoms with Crippen LogP contribution in [0.4, 0.5) is 0 Å². The minimum Gasteiger partial charge on any atom is -0.657 e. The van der Waals surface area contributed by atoms with Gasteiger partial charge in [-0.25, -0.2) is 0 Å². The van der Waals surface area contributed by atoms with E-state index in [1.165, 1.54) is 55.0 Å². The number of aryl methyl sites for hydroxylation is 2. The fraction of sp³-hybridized carbons (Fsp3) is 0.125. The normalized spacial score (nSPS) is 12.8. The molecule has 0 N–H and O–H groups in total. The van der Waals surface area contributed by atoms with Gasteiger partial charge in [-0.05, 0) is 77.7 Å². The summed E-state index contributed by atoms with van der Waals surface area (Å²) in [6, 6.07) is 31.3. The van der Waals surface area contributed by atoms with Gasteiger partial charge >= 0.3 is 0 Å². The monoisotopic (exact) mass is 675 g/mol. The number of rotatable bonds is 3. The first-order valence-electron chi connectivity index (χ1n) is 12.2. The van der Waals surface area contributed by atoms with Crippen molar-refractivity contribution < 1.29 is 31.1 Å². The van der Waals surface area contributed by atoms with Crippen LogP contribution in [0.15, 0.2) is 91.0 Å². The average molecular weight is 676 g/mol. The molecule has 4 aromatic carbocycles. The molecular formula is C32H25N2U-. The smallest absolute Gasteiger partial charge is 0.0491 e. The largest absolute Gasteiger partial charge is 0.657 e. The molecule has 0 fully saturated rings. The zero-order valence-corrected chi connectivity index (χ0v) is 23.9. The Labute approximate surface area is 229 Å². The number of fused-ring (bicyclic) bond motifs is 6. The van der Waals surface area contributed by atoms with E-state index in [9.17, 15) is 0 Å². The summed E-state index contributed by atoms with van der Waals surface area (Å²) in [6.07, 6.45) is 6.58. The molecule has 1 aliphatic carbocycles. The number of para-hydroxylation sites is 1. The first kappa shape index (κ1) is 22.5. The van der Waals surface area contributed by atoms with Crippen LogP contribution in [0, 0.1) is 31.1 Å². The van der Waals surface area contributed by atoms with Gasteiger partial charge in [0.25, 0.3) is 0 Å². The van der Waals surface area contributed by atoms with Crippen molar-refractivity contribution in [1.82, 2.24) is 9.55 Å². The van der Waals surface area contributed by atoms with E-state index in [2.05, 4.69) is 109 Å². The van der Waals surface area contributed by atoms with Gasteiger partial charge in [0.05, 0.1) is 0 Å².